The number of hydrogen-bond donors (Lipinski definition) is 3. The number of ether oxygens (including phenoxy) is 2. The fourth-order valence-corrected chi connectivity index (χ4v) is 2.63. The third-order valence-corrected chi connectivity index (χ3v) is 3.96. The molecule has 0 saturated carbocycles. The zero-order valence-corrected chi connectivity index (χ0v) is 13.9. The van der Waals surface area contributed by atoms with Crippen LogP contribution in [-0.4, -0.2) is 42.3 Å². The van der Waals surface area contributed by atoms with Crippen LogP contribution in [0.3, 0.4) is 0 Å². The molecule has 0 atom stereocenters. The maximum Gasteiger partial charge on any atom is 0.343 e. The Kier molecular flexibility index (Phi) is 5.30. The molecule has 0 fully saturated rings. The second-order valence-electron chi connectivity index (χ2n) is 5.65. The van der Waals surface area contributed by atoms with Gasteiger partial charge in [0.05, 0.1) is 7.11 Å². The quantitative estimate of drug-likeness (QED) is 0.661. The number of carbonyl (C=O) groups is 2. The zero-order valence-electron chi connectivity index (χ0n) is 13.9. The maximum atomic E-state index is 12.4. The number of nitrogens with one attached hydrogen (secondary N) is 3. The van der Waals surface area contributed by atoms with Gasteiger partial charge in [-0.25, -0.2) is 4.79 Å². The number of hydrogen-bond acceptors (Lipinski definition) is 6. The minimum atomic E-state index is -0.448. The van der Waals surface area contributed by atoms with E-state index in [0.29, 0.717) is 24.5 Å². The van der Waals surface area contributed by atoms with Crippen LogP contribution in [0.2, 0.25) is 0 Å². The Bertz CT molecular complexity index is 772. The normalized spacial score (nSPS) is 13.0. The van der Waals surface area contributed by atoms with Crippen LogP contribution in [0, 0.1) is 0 Å². The molecule has 132 valence electrons. The molecule has 0 radical (unpaired) electrons. The van der Waals surface area contributed by atoms with E-state index in [1.807, 2.05) is 6.07 Å². The molecule has 0 bridgehead atoms. The number of fused-ring (bicyclic) bond motifs is 1. The summed E-state index contributed by atoms with van der Waals surface area (Å²) in [5.41, 5.74) is 3.24. The Hall–Kier alpha value is -2.87. The van der Waals surface area contributed by atoms with E-state index in [2.05, 4.69) is 25.6 Å². The Morgan fingerprint density at radius 2 is 2.24 bits per heavy atom. The smallest absolute Gasteiger partial charge is 0.343 e. The minimum absolute atomic E-state index is 0.154. The molecule has 1 aromatic carbocycles. The van der Waals surface area contributed by atoms with Crippen molar-refractivity contribution in [2.45, 2.75) is 19.5 Å². The van der Waals surface area contributed by atoms with Crippen molar-refractivity contribution in [3.05, 3.63) is 46.8 Å². The second-order valence-corrected chi connectivity index (χ2v) is 5.65. The molecule has 0 unspecified atom stereocenters. The molecule has 25 heavy (non-hydrogen) atoms. The predicted molar refractivity (Wildman–Crippen MR) is 89.1 cm³/mol. The van der Waals surface area contributed by atoms with Crippen molar-refractivity contribution in [1.29, 1.82) is 0 Å². The molecule has 1 amide bonds. The van der Waals surface area contributed by atoms with Crippen molar-refractivity contribution in [3.63, 3.8) is 0 Å². The standard InChI is InChI=1S/C17H20N4O4/c1-24-15(22)10-25-12-4-2-3-11(7-12)8-19-17(23)16-13-9-18-6-5-14(13)20-21-16/h2-4,7,18H,5-6,8-10H2,1H3,(H,19,23)(H,20,21). The lowest BCUT2D eigenvalue weighted by Gasteiger charge is -2.13. The van der Waals surface area contributed by atoms with Crippen LogP contribution in [0.4, 0.5) is 0 Å². The van der Waals surface area contributed by atoms with Gasteiger partial charge in [0.25, 0.3) is 5.91 Å². The number of amides is 1. The number of H-pyrrole nitrogens is 1. The molecule has 2 aromatic rings. The molecular weight excluding hydrogens is 324 g/mol. The van der Waals surface area contributed by atoms with E-state index in [0.717, 1.165) is 29.8 Å². The summed E-state index contributed by atoms with van der Waals surface area (Å²) >= 11 is 0. The van der Waals surface area contributed by atoms with Crippen LogP contribution < -0.4 is 15.4 Å². The largest absolute Gasteiger partial charge is 0.482 e. The summed E-state index contributed by atoms with van der Waals surface area (Å²) in [4.78, 5) is 23.5. The summed E-state index contributed by atoms with van der Waals surface area (Å²) in [6.07, 6.45) is 0.842. The van der Waals surface area contributed by atoms with Gasteiger partial charge in [0.2, 0.25) is 0 Å². The molecule has 8 heteroatoms. The lowest BCUT2D eigenvalue weighted by Crippen LogP contribution is -2.28. The number of nitrogens with zero attached hydrogens (tertiary/aromatic N) is 1. The van der Waals surface area contributed by atoms with Gasteiger partial charge in [-0.15, -0.1) is 0 Å². The summed E-state index contributed by atoms with van der Waals surface area (Å²) in [7, 11) is 1.31. The Balaban J connectivity index is 1.59. The number of rotatable bonds is 6. The van der Waals surface area contributed by atoms with E-state index in [1.54, 1.807) is 18.2 Å². The molecule has 3 N–H and O–H groups in total. The highest BCUT2D eigenvalue weighted by Gasteiger charge is 2.21. The van der Waals surface area contributed by atoms with Crippen molar-refractivity contribution >= 4 is 11.9 Å². The summed E-state index contributed by atoms with van der Waals surface area (Å²) in [6.45, 7) is 1.71. The highest BCUT2D eigenvalue weighted by atomic mass is 16.6. The number of aromatic amines is 1. The van der Waals surface area contributed by atoms with Gasteiger partial charge in [-0.1, -0.05) is 12.1 Å². The van der Waals surface area contributed by atoms with E-state index in [1.165, 1.54) is 7.11 Å². The molecule has 1 aliphatic heterocycles. The molecular formula is C17H20N4O4. The van der Waals surface area contributed by atoms with Gasteiger partial charge in [0.15, 0.2) is 12.3 Å². The average Bonchev–Trinajstić information content (AvgIpc) is 3.08. The van der Waals surface area contributed by atoms with Gasteiger partial charge in [-0.05, 0) is 17.7 Å². The van der Waals surface area contributed by atoms with E-state index >= 15 is 0 Å². The van der Waals surface area contributed by atoms with Crippen LogP contribution in [0.1, 0.15) is 27.3 Å². The molecule has 3 rings (SSSR count). The molecule has 0 aliphatic carbocycles. The Morgan fingerprint density at radius 3 is 3.08 bits per heavy atom. The van der Waals surface area contributed by atoms with Crippen molar-refractivity contribution in [2.75, 3.05) is 20.3 Å². The topological polar surface area (TPSA) is 105 Å². The number of carbonyl (C=O) groups excluding carboxylic acids is 2. The molecule has 1 aliphatic rings. The SMILES string of the molecule is COC(=O)COc1cccc(CNC(=O)c2n[nH]c3c2CNCC3)c1. The summed E-state index contributed by atoms with van der Waals surface area (Å²) < 4.78 is 9.87. The number of benzene rings is 1. The van der Waals surface area contributed by atoms with Gasteiger partial charge in [0, 0.05) is 37.3 Å². The minimum Gasteiger partial charge on any atom is -0.482 e. The summed E-state index contributed by atoms with van der Waals surface area (Å²) in [5, 5.41) is 13.2. The first-order valence-electron chi connectivity index (χ1n) is 8.01. The average molecular weight is 344 g/mol. The zero-order chi connectivity index (χ0) is 17.6. The Labute approximate surface area is 144 Å². The van der Waals surface area contributed by atoms with Crippen LogP contribution in [0.15, 0.2) is 24.3 Å². The predicted octanol–water partition coefficient (Wildman–Crippen LogP) is 0.537. The number of esters is 1. The first-order chi connectivity index (χ1) is 12.2. The monoisotopic (exact) mass is 344 g/mol. The summed E-state index contributed by atoms with van der Waals surface area (Å²) in [5.74, 6) is -0.129. The highest BCUT2D eigenvalue weighted by Crippen LogP contribution is 2.16. The Morgan fingerprint density at radius 1 is 1.36 bits per heavy atom. The van der Waals surface area contributed by atoms with Gasteiger partial charge < -0.3 is 20.1 Å². The molecule has 0 saturated heterocycles. The van der Waals surface area contributed by atoms with Crippen LogP contribution in [0.5, 0.6) is 5.75 Å². The van der Waals surface area contributed by atoms with E-state index < -0.39 is 5.97 Å². The van der Waals surface area contributed by atoms with Crippen molar-refractivity contribution < 1.29 is 19.1 Å². The van der Waals surface area contributed by atoms with Crippen LogP contribution in [-0.2, 0) is 29.0 Å². The molecule has 8 nitrogen and oxygen atoms in total. The van der Waals surface area contributed by atoms with Crippen molar-refractivity contribution in [3.8, 4) is 5.75 Å². The van der Waals surface area contributed by atoms with E-state index in [9.17, 15) is 9.59 Å². The van der Waals surface area contributed by atoms with Gasteiger partial charge in [-0.2, -0.15) is 5.10 Å². The lowest BCUT2D eigenvalue weighted by molar-refractivity contribution is -0.142. The fraction of sp³-hybridized carbons (Fsp3) is 0.353. The van der Waals surface area contributed by atoms with E-state index in [-0.39, 0.29) is 12.5 Å². The van der Waals surface area contributed by atoms with Gasteiger partial charge in [-0.3, -0.25) is 9.89 Å². The number of aromatic nitrogens is 2. The van der Waals surface area contributed by atoms with Crippen molar-refractivity contribution in [1.82, 2.24) is 20.8 Å². The first kappa shape index (κ1) is 17.0. The third kappa shape index (κ3) is 4.16. The second kappa shape index (κ2) is 7.80. The lowest BCUT2D eigenvalue weighted by atomic mass is 10.1. The number of methoxy groups -OCH3 is 1. The fourth-order valence-electron chi connectivity index (χ4n) is 2.63. The van der Waals surface area contributed by atoms with Crippen LogP contribution in [0.25, 0.3) is 0 Å². The summed E-state index contributed by atoms with van der Waals surface area (Å²) in [6, 6.07) is 7.18. The van der Waals surface area contributed by atoms with Crippen LogP contribution >= 0.6 is 0 Å². The highest BCUT2D eigenvalue weighted by molar-refractivity contribution is 5.94. The van der Waals surface area contributed by atoms with E-state index in [4.69, 9.17) is 4.74 Å². The maximum absolute atomic E-state index is 12.4. The van der Waals surface area contributed by atoms with Gasteiger partial charge in [0.1, 0.15) is 5.75 Å². The van der Waals surface area contributed by atoms with Crippen molar-refractivity contribution in [2.24, 2.45) is 0 Å². The van der Waals surface area contributed by atoms with Gasteiger partial charge >= 0.3 is 5.97 Å². The third-order valence-electron chi connectivity index (χ3n) is 3.96. The molecule has 0 spiro atoms. The first-order valence-corrected chi connectivity index (χ1v) is 8.01. The molecule has 2 heterocycles. The molecule has 1 aromatic heterocycles.